The minimum Gasteiger partial charge on any atom is -0.484 e. The van der Waals surface area contributed by atoms with E-state index in [0.29, 0.717) is 16.1 Å². The Morgan fingerprint density at radius 1 is 1.25 bits per heavy atom. The van der Waals surface area contributed by atoms with Crippen LogP contribution in [0.25, 0.3) is 0 Å². The van der Waals surface area contributed by atoms with Crippen molar-refractivity contribution in [1.29, 1.82) is 0 Å². The van der Waals surface area contributed by atoms with Crippen molar-refractivity contribution in [3.63, 3.8) is 0 Å². The molecule has 1 atom stereocenters. The van der Waals surface area contributed by atoms with E-state index in [9.17, 15) is 22.0 Å². The maximum atomic E-state index is 12.8. The predicted molar refractivity (Wildman–Crippen MR) is 71.6 cm³/mol. The Bertz CT molecular complexity index is 700. The highest BCUT2D eigenvalue weighted by molar-refractivity contribution is 5.46. The molecule has 1 unspecified atom stereocenters. The summed E-state index contributed by atoms with van der Waals surface area (Å²) in [6.07, 6.45) is -5.81. The van der Waals surface area contributed by atoms with Crippen LogP contribution in [0.2, 0.25) is 0 Å². The maximum absolute atomic E-state index is 12.8. The molecule has 1 heterocycles. The van der Waals surface area contributed by atoms with Gasteiger partial charge >= 0.3 is 6.18 Å². The van der Waals surface area contributed by atoms with Gasteiger partial charge in [-0.15, -0.1) is 5.10 Å². The zero-order valence-corrected chi connectivity index (χ0v) is 12.1. The highest BCUT2D eigenvalue weighted by Crippen LogP contribution is 2.44. The van der Waals surface area contributed by atoms with Crippen molar-refractivity contribution in [2.24, 2.45) is 0 Å². The second-order valence-corrected chi connectivity index (χ2v) is 5.32. The molecule has 1 N–H and O–H groups in total. The van der Waals surface area contributed by atoms with Gasteiger partial charge in [0.2, 0.25) is 0 Å². The Morgan fingerprint density at radius 2 is 1.92 bits per heavy atom. The molecule has 0 amide bonds. The van der Waals surface area contributed by atoms with Gasteiger partial charge in [0.25, 0.3) is 5.92 Å². The van der Waals surface area contributed by atoms with Gasteiger partial charge in [-0.1, -0.05) is 0 Å². The summed E-state index contributed by atoms with van der Waals surface area (Å²) >= 11 is 0. The lowest BCUT2D eigenvalue weighted by Crippen LogP contribution is -2.21. The number of nitrogens with one attached hydrogen (secondary N) is 1. The van der Waals surface area contributed by atoms with Crippen LogP contribution in [0.15, 0.2) is 24.3 Å². The number of anilines is 1. The first-order chi connectivity index (χ1) is 11.2. The monoisotopic (exact) mass is 349 g/mol. The molecule has 0 aliphatic heterocycles. The first kappa shape index (κ1) is 16.4. The molecule has 1 aromatic carbocycles. The Hall–Kier alpha value is -2.46. The van der Waals surface area contributed by atoms with Gasteiger partial charge in [0.1, 0.15) is 12.3 Å². The fourth-order valence-corrected chi connectivity index (χ4v) is 1.96. The van der Waals surface area contributed by atoms with Crippen LogP contribution in [-0.2, 0) is 13.1 Å². The van der Waals surface area contributed by atoms with E-state index in [0.717, 1.165) is 0 Å². The molecule has 0 spiro atoms. The number of alkyl halides is 5. The summed E-state index contributed by atoms with van der Waals surface area (Å²) in [6.45, 7) is -1.30. The van der Waals surface area contributed by atoms with Gasteiger partial charge in [0, 0.05) is 5.69 Å². The number of hydrogen-bond acceptors (Lipinski definition) is 5. The van der Waals surface area contributed by atoms with Crippen LogP contribution < -0.4 is 10.1 Å². The van der Waals surface area contributed by atoms with Crippen LogP contribution in [-0.4, -0.2) is 38.4 Å². The average molecular weight is 349 g/mol. The summed E-state index contributed by atoms with van der Waals surface area (Å²) in [6, 6.07) is 6.12. The summed E-state index contributed by atoms with van der Waals surface area (Å²) in [5, 5.41) is 12.9. The van der Waals surface area contributed by atoms with Gasteiger partial charge in [-0.05, 0) is 34.7 Å². The summed E-state index contributed by atoms with van der Waals surface area (Å²) in [5.74, 6) is -2.46. The molecule has 24 heavy (non-hydrogen) atoms. The molecule has 6 nitrogen and oxygen atoms in total. The third-order valence-corrected chi connectivity index (χ3v) is 3.29. The second kappa shape index (κ2) is 5.87. The van der Waals surface area contributed by atoms with Crippen molar-refractivity contribution < 1.29 is 26.7 Å². The molecule has 11 heteroatoms. The summed E-state index contributed by atoms with van der Waals surface area (Å²) in [7, 11) is 0. The molecule has 1 aromatic heterocycles. The molecule has 130 valence electrons. The number of benzene rings is 1. The van der Waals surface area contributed by atoms with Crippen LogP contribution in [0.5, 0.6) is 5.75 Å². The maximum Gasteiger partial charge on any atom is 0.408 e. The fraction of sp³-hybridized carbons (Fsp3) is 0.462. The van der Waals surface area contributed by atoms with E-state index in [4.69, 9.17) is 4.74 Å². The van der Waals surface area contributed by atoms with Crippen molar-refractivity contribution in [3.05, 3.63) is 30.1 Å². The zero-order valence-electron chi connectivity index (χ0n) is 12.1. The number of hydrogen-bond donors (Lipinski definition) is 1. The standard InChI is InChI=1S/C13H12F5N5O/c14-12(15)5-10(12)24-9-3-1-8(2-4-9)19-6-11-20-21-22-23(11)7-13(16,17)18/h1-4,10,19H,5-7H2. The zero-order chi connectivity index (χ0) is 17.4. The highest BCUT2D eigenvalue weighted by atomic mass is 19.4. The van der Waals surface area contributed by atoms with E-state index < -0.39 is 24.7 Å². The number of ether oxygens (including phenoxy) is 1. The van der Waals surface area contributed by atoms with E-state index in [2.05, 4.69) is 20.8 Å². The smallest absolute Gasteiger partial charge is 0.408 e. The molecule has 1 aliphatic carbocycles. The Balaban J connectivity index is 1.55. The third kappa shape index (κ3) is 4.09. The molecule has 2 aromatic rings. The molecular formula is C13H12F5N5O. The minimum atomic E-state index is -4.42. The van der Waals surface area contributed by atoms with Crippen LogP contribution >= 0.6 is 0 Å². The van der Waals surface area contributed by atoms with Crippen LogP contribution in [0.3, 0.4) is 0 Å². The Morgan fingerprint density at radius 3 is 2.50 bits per heavy atom. The van der Waals surface area contributed by atoms with Gasteiger partial charge in [0.05, 0.1) is 13.0 Å². The highest BCUT2D eigenvalue weighted by Gasteiger charge is 2.59. The lowest BCUT2D eigenvalue weighted by Gasteiger charge is -2.10. The first-order valence-corrected chi connectivity index (χ1v) is 6.93. The largest absolute Gasteiger partial charge is 0.484 e. The van der Waals surface area contributed by atoms with E-state index >= 15 is 0 Å². The summed E-state index contributed by atoms with van der Waals surface area (Å²) < 4.78 is 68.3. The molecular weight excluding hydrogens is 337 g/mol. The fourth-order valence-electron chi connectivity index (χ4n) is 1.96. The van der Waals surface area contributed by atoms with Crippen LogP contribution in [0.4, 0.5) is 27.6 Å². The lowest BCUT2D eigenvalue weighted by molar-refractivity contribution is -0.143. The van der Waals surface area contributed by atoms with E-state index in [1.54, 1.807) is 12.1 Å². The normalized spacial score (nSPS) is 19.1. The van der Waals surface area contributed by atoms with E-state index in [1.165, 1.54) is 12.1 Å². The number of tetrazole rings is 1. The second-order valence-electron chi connectivity index (χ2n) is 5.32. The molecule has 1 aliphatic rings. The number of nitrogens with zero attached hydrogens (tertiary/aromatic N) is 4. The van der Waals surface area contributed by atoms with Gasteiger partial charge < -0.3 is 10.1 Å². The van der Waals surface area contributed by atoms with Gasteiger partial charge in [-0.3, -0.25) is 0 Å². The van der Waals surface area contributed by atoms with Crippen molar-refractivity contribution in [2.45, 2.75) is 37.7 Å². The molecule has 0 radical (unpaired) electrons. The van der Waals surface area contributed by atoms with Crippen LogP contribution in [0.1, 0.15) is 12.2 Å². The topological polar surface area (TPSA) is 64.9 Å². The molecule has 0 saturated heterocycles. The van der Waals surface area contributed by atoms with Crippen molar-refractivity contribution in [1.82, 2.24) is 20.2 Å². The summed E-state index contributed by atoms with van der Waals surface area (Å²) in [5.41, 5.74) is 0.562. The quantitative estimate of drug-likeness (QED) is 0.813. The molecule has 3 rings (SSSR count). The molecule has 1 fully saturated rings. The van der Waals surface area contributed by atoms with E-state index in [1.807, 2.05) is 0 Å². The lowest BCUT2D eigenvalue weighted by atomic mass is 10.3. The SMILES string of the molecule is FC(F)(F)Cn1nnnc1CNc1ccc(OC2CC2(F)F)cc1. The van der Waals surface area contributed by atoms with Crippen molar-refractivity contribution in [3.8, 4) is 5.75 Å². The van der Waals surface area contributed by atoms with Crippen LogP contribution in [0, 0.1) is 0 Å². The minimum absolute atomic E-state index is 0.0188. The Kier molecular flexibility index (Phi) is 4.01. The van der Waals surface area contributed by atoms with E-state index in [-0.39, 0.29) is 18.8 Å². The van der Waals surface area contributed by atoms with Gasteiger partial charge in [-0.25, -0.2) is 13.5 Å². The molecule has 1 saturated carbocycles. The number of aromatic nitrogens is 4. The number of halogens is 5. The van der Waals surface area contributed by atoms with Crippen molar-refractivity contribution >= 4 is 5.69 Å². The van der Waals surface area contributed by atoms with Crippen molar-refractivity contribution in [2.75, 3.05) is 5.32 Å². The number of rotatable bonds is 6. The first-order valence-electron chi connectivity index (χ1n) is 6.93. The average Bonchev–Trinajstić information content (AvgIpc) is 2.88. The predicted octanol–water partition coefficient (Wildman–Crippen LogP) is 2.63. The van der Waals surface area contributed by atoms with Gasteiger partial charge in [0.15, 0.2) is 11.9 Å². The van der Waals surface area contributed by atoms with Gasteiger partial charge in [-0.2, -0.15) is 13.2 Å². The Labute approximate surface area is 132 Å². The third-order valence-electron chi connectivity index (χ3n) is 3.29. The summed E-state index contributed by atoms with van der Waals surface area (Å²) in [4.78, 5) is 0. The molecule has 0 bridgehead atoms.